The summed E-state index contributed by atoms with van der Waals surface area (Å²) in [5, 5.41) is 11.2. The Morgan fingerprint density at radius 1 is 0.931 bits per heavy atom. The lowest BCUT2D eigenvalue weighted by Gasteiger charge is -2.61. The van der Waals surface area contributed by atoms with Gasteiger partial charge in [0.1, 0.15) is 0 Å². The number of hydrogen-bond acceptors (Lipinski definition) is 2. The van der Waals surface area contributed by atoms with Crippen molar-refractivity contribution in [3.63, 3.8) is 0 Å². The maximum Gasteiger partial charge on any atom is 0.155 e. The molecule has 5 aliphatic rings. The molecule has 156 valence electrons. The second-order valence-electron chi connectivity index (χ2n) is 11.2. The average molecular weight is 393 g/mol. The fourth-order valence-corrected chi connectivity index (χ4v) is 8.15. The van der Waals surface area contributed by atoms with Gasteiger partial charge in [0.25, 0.3) is 0 Å². The SMILES string of the molecule is C[C@]12CCC(=O)C=C1[C@@H](C1C=CC=CC=C1)C[C@@H]1[C@@H]2CC[C@@]2(C)[C@H]1CC[C@]2(C)O. The molecule has 0 bridgehead atoms. The van der Waals surface area contributed by atoms with E-state index < -0.39 is 5.60 Å². The molecule has 0 unspecified atom stereocenters. The molecule has 29 heavy (non-hydrogen) atoms. The predicted octanol–water partition coefficient (Wildman–Crippen LogP) is 5.79. The minimum atomic E-state index is -0.538. The normalized spacial score (nSPS) is 49.2. The summed E-state index contributed by atoms with van der Waals surface area (Å²) in [6.45, 7) is 6.92. The van der Waals surface area contributed by atoms with Crippen LogP contribution in [0.4, 0.5) is 0 Å². The molecule has 1 N–H and O–H groups in total. The highest BCUT2D eigenvalue weighted by Gasteiger charge is 2.63. The quantitative estimate of drug-likeness (QED) is 0.613. The molecule has 5 aliphatic carbocycles. The highest BCUT2D eigenvalue weighted by atomic mass is 16.3. The topological polar surface area (TPSA) is 37.3 Å². The van der Waals surface area contributed by atoms with Crippen molar-refractivity contribution in [2.75, 3.05) is 0 Å². The molecular weight excluding hydrogens is 356 g/mol. The third-order valence-corrected chi connectivity index (χ3v) is 10.1. The number of fused-ring (bicyclic) bond motifs is 5. The van der Waals surface area contributed by atoms with E-state index >= 15 is 0 Å². The highest BCUT2D eigenvalue weighted by molar-refractivity contribution is 5.91. The summed E-state index contributed by atoms with van der Waals surface area (Å²) in [5.74, 6) is 3.00. The molecule has 3 saturated carbocycles. The van der Waals surface area contributed by atoms with Gasteiger partial charge in [0.2, 0.25) is 0 Å². The van der Waals surface area contributed by atoms with Crippen molar-refractivity contribution in [1.82, 2.24) is 0 Å². The third-order valence-electron chi connectivity index (χ3n) is 10.1. The molecule has 0 aromatic rings. The molecule has 0 saturated heterocycles. The first-order chi connectivity index (χ1) is 13.8. The first-order valence-corrected chi connectivity index (χ1v) is 11.8. The van der Waals surface area contributed by atoms with Gasteiger partial charge in [-0.05, 0) is 86.0 Å². The molecule has 0 aromatic heterocycles. The Morgan fingerprint density at radius 3 is 2.34 bits per heavy atom. The second kappa shape index (κ2) is 6.54. The van der Waals surface area contributed by atoms with Crippen molar-refractivity contribution in [2.24, 2.45) is 40.4 Å². The molecule has 5 rings (SSSR count). The van der Waals surface area contributed by atoms with Crippen LogP contribution in [0.1, 0.15) is 65.7 Å². The summed E-state index contributed by atoms with van der Waals surface area (Å²) >= 11 is 0. The summed E-state index contributed by atoms with van der Waals surface area (Å²) < 4.78 is 0. The van der Waals surface area contributed by atoms with Crippen LogP contribution in [0.3, 0.4) is 0 Å². The summed E-state index contributed by atoms with van der Waals surface area (Å²) in [5.41, 5.74) is 1.07. The summed E-state index contributed by atoms with van der Waals surface area (Å²) in [6, 6.07) is 0. The first-order valence-electron chi connectivity index (χ1n) is 11.8. The molecule has 7 atom stereocenters. The standard InChI is InChI=1S/C27H36O2/c1-25-13-10-19(28)16-24(25)20(18-8-6-4-5-7-9-18)17-21-22(25)11-14-26(2)23(21)12-15-27(26,3)29/h4-9,16,18,20-23,29H,10-15,17H2,1-3H3/t20-,21-,22+,23+,25-,26+,27+/m1/s1. The lowest BCUT2D eigenvalue weighted by atomic mass is 9.44. The Kier molecular flexibility index (Phi) is 4.41. The zero-order valence-corrected chi connectivity index (χ0v) is 18.2. The average Bonchev–Trinajstić information content (AvgIpc) is 2.85. The maximum absolute atomic E-state index is 12.5. The van der Waals surface area contributed by atoms with E-state index in [2.05, 4.69) is 57.2 Å². The van der Waals surface area contributed by atoms with Crippen molar-refractivity contribution in [1.29, 1.82) is 0 Å². The molecule has 0 heterocycles. The van der Waals surface area contributed by atoms with E-state index in [0.29, 0.717) is 41.8 Å². The molecule has 3 fully saturated rings. The molecule has 0 radical (unpaired) electrons. The van der Waals surface area contributed by atoms with E-state index in [1.807, 2.05) is 6.08 Å². The number of rotatable bonds is 1. The van der Waals surface area contributed by atoms with Crippen LogP contribution >= 0.6 is 0 Å². The highest BCUT2D eigenvalue weighted by Crippen LogP contribution is 2.68. The number of carbonyl (C=O) groups is 1. The molecular formula is C27H36O2. The van der Waals surface area contributed by atoms with E-state index in [4.69, 9.17) is 0 Å². The summed E-state index contributed by atoms with van der Waals surface area (Å²) in [4.78, 5) is 12.5. The van der Waals surface area contributed by atoms with Crippen molar-refractivity contribution in [3.8, 4) is 0 Å². The van der Waals surface area contributed by atoms with Crippen LogP contribution in [0.5, 0.6) is 0 Å². The summed E-state index contributed by atoms with van der Waals surface area (Å²) in [6.07, 6.45) is 22.5. The van der Waals surface area contributed by atoms with Crippen LogP contribution in [-0.2, 0) is 4.79 Å². The van der Waals surface area contributed by atoms with Gasteiger partial charge in [-0.1, -0.05) is 55.9 Å². The van der Waals surface area contributed by atoms with E-state index in [0.717, 1.165) is 32.1 Å². The molecule has 0 aliphatic heterocycles. The Morgan fingerprint density at radius 2 is 1.62 bits per heavy atom. The smallest absolute Gasteiger partial charge is 0.155 e. The molecule has 0 aromatic carbocycles. The van der Waals surface area contributed by atoms with Crippen LogP contribution in [0, 0.1) is 40.4 Å². The van der Waals surface area contributed by atoms with E-state index in [1.54, 1.807) is 0 Å². The van der Waals surface area contributed by atoms with Crippen LogP contribution in [0.2, 0.25) is 0 Å². The van der Waals surface area contributed by atoms with Crippen molar-refractivity contribution in [3.05, 3.63) is 48.1 Å². The van der Waals surface area contributed by atoms with Gasteiger partial charge in [-0.2, -0.15) is 0 Å². The maximum atomic E-state index is 12.5. The molecule has 2 nitrogen and oxygen atoms in total. The van der Waals surface area contributed by atoms with Crippen molar-refractivity contribution < 1.29 is 9.90 Å². The van der Waals surface area contributed by atoms with Crippen molar-refractivity contribution >= 4 is 5.78 Å². The predicted molar refractivity (Wildman–Crippen MR) is 117 cm³/mol. The third kappa shape index (κ3) is 2.74. The fraction of sp³-hybridized carbons (Fsp3) is 0.667. The van der Waals surface area contributed by atoms with E-state index in [-0.39, 0.29) is 10.8 Å². The van der Waals surface area contributed by atoms with Gasteiger partial charge in [-0.25, -0.2) is 0 Å². The van der Waals surface area contributed by atoms with Crippen LogP contribution in [-0.4, -0.2) is 16.5 Å². The van der Waals surface area contributed by atoms with E-state index in [9.17, 15) is 9.90 Å². The number of ketones is 1. The van der Waals surface area contributed by atoms with Crippen LogP contribution in [0.25, 0.3) is 0 Å². The lowest BCUT2D eigenvalue weighted by molar-refractivity contribution is -0.128. The van der Waals surface area contributed by atoms with Gasteiger partial charge in [-0.3, -0.25) is 4.79 Å². The van der Waals surface area contributed by atoms with Gasteiger partial charge in [0.05, 0.1) is 5.60 Å². The van der Waals surface area contributed by atoms with Crippen LogP contribution in [0.15, 0.2) is 48.1 Å². The zero-order chi connectivity index (χ0) is 20.4. The van der Waals surface area contributed by atoms with Crippen LogP contribution < -0.4 is 0 Å². The summed E-state index contributed by atoms with van der Waals surface area (Å²) in [7, 11) is 0. The molecule has 0 spiro atoms. The Balaban J connectivity index is 1.58. The Labute approximate surface area is 175 Å². The number of allylic oxidation sites excluding steroid dienone is 7. The largest absolute Gasteiger partial charge is 0.390 e. The number of aliphatic hydroxyl groups is 1. The van der Waals surface area contributed by atoms with Crippen molar-refractivity contribution in [2.45, 2.75) is 71.3 Å². The Bertz CT molecular complexity index is 811. The first kappa shape index (κ1) is 19.5. The number of carbonyl (C=O) groups excluding carboxylic acids is 1. The molecule has 0 amide bonds. The lowest BCUT2D eigenvalue weighted by Crippen LogP contribution is -2.55. The monoisotopic (exact) mass is 392 g/mol. The number of hydrogen-bond donors (Lipinski definition) is 1. The fourth-order valence-electron chi connectivity index (χ4n) is 8.15. The van der Waals surface area contributed by atoms with Gasteiger partial charge in [0.15, 0.2) is 5.78 Å². The minimum absolute atomic E-state index is 0.0392. The molecule has 2 heteroatoms. The minimum Gasteiger partial charge on any atom is -0.390 e. The van der Waals surface area contributed by atoms with Gasteiger partial charge < -0.3 is 5.11 Å². The Hall–Kier alpha value is -1.41. The zero-order valence-electron chi connectivity index (χ0n) is 18.2. The van der Waals surface area contributed by atoms with Gasteiger partial charge in [0, 0.05) is 12.3 Å². The van der Waals surface area contributed by atoms with Gasteiger partial charge in [-0.15, -0.1) is 0 Å². The second-order valence-corrected chi connectivity index (χ2v) is 11.2. The van der Waals surface area contributed by atoms with E-state index in [1.165, 1.54) is 12.0 Å². The van der Waals surface area contributed by atoms with Gasteiger partial charge >= 0.3 is 0 Å².